The summed E-state index contributed by atoms with van der Waals surface area (Å²) >= 11 is 0. The van der Waals surface area contributed by atoms with Crippen LogP contribution in [0.3, 0.4) is 0 Å². The molecule has 0 saturated heterocycles. The van der Waals surface area contributed by atoms with E-state index in [9.17, 15) is 4.79 Å². The number of ether oxygens (including phenoxy) is 1. The van der Waals surface area contributed by atoms with Crippen molar-refractivity contribution < 1.29 is 9.53 Å². The largest absolute Gasteiger partial charge is 0.465 e. The predicted molar refractivity (Wildman–Crippen MR) is 73.9 cm³/mol. The lowest BCUT2D eigenvalue weighted by Crippen LogP contribution is -2.26. The summed E-state index contributed by atoms with van der Waals surface area (Å²) in [5, 5.41) is 0. The quantitative estimate of drug-likeness (QED) is 0.696. The maximum absolute atomic E-state index is 11.3. The lowest BCUT2D eigenvalue weighted by Gasteiger charge is -2.19. The minimum Gasteiger partial charge on any atom is -0.465 e. The number of rotatable bonds is 7. The second-order valence-electron chi connectivity index (χ2n) is 4.37. The van der Waals surface area contributed by atoms with Crippen LogP contribution >= 0.6 is 0 Å². The van der Waals surface area contributed by atoms with E-state index in [1.807, 2.05) is 24.3 Å². The van der Waals surface area contributed by atoms with Crippen LogP contribution in [0, 0.1) is 0 Å². The van der Waals surface area contributed by atoms with Gasteiger partial charge in [-0.1, -0.05) is 26.0 Å². The van der Waals surface area contributed by atoms with Crippen LogP contribution in [0.25, 0.3) is 0 Å². The third-order valence-electron chi connectivity index (χ3n) is 3.08. The van der Waals surface area contributed by atoms with Crippen molar-refractivity contribution in [2.75, 3.05) is 26.7 Å². The van der Waals surface area contributed by atoms with Gasteiger partial charge in [0.05, 0.1) is 12.7 Å². The van der Waals surface area contributed by atoms with Crippen molar-refractivity contribution >= 4 is 5.97 Å². The highest BCUT2D eigenvalue weighted by molar-refractivity contribution is 5.89. The SMILES string of the molecule is CCCN(CC)CCc1ccc(C(=O)OC)cc1. The Bertz CT molecular complexity index is 359. The number of hydrogen-bond donors (Lipinski definition) is 0. The Labute approximate surface area is 110 Å². The first-order chi connectivity index (χ1) is 8.71. The summed E-state index contributed by atoms with van der Waals surface area (Å²) in [4.78, 5) is 13.7. The zero-order valence-electron chi connectivity index (χ0n) is 11.6. The van der Waals surface area contributed by atoms with E-state index in [-0.39, 0.29) is 5.97 Å². The fraction of sp³-hybridized carbons (Fsp3) is 0.533. The first-order valence-electron chi connectivity index (χ1n) is 6.60. The molecule has 0 aliphatic rings. The molecular weight excluding hydrogens is 226 g/mol. The van der Waals surface area contributed by atoms with Gasteiger partial charge in [-0.05, 0) is 43.6 Å². The van der Waals surface area contributed by atoms with Crippen LogP contribution in [0.1, 0.15) is 36.2 Å². The number of carbonyl (C=O) groups excluding carboxylic acids is 1. The highest BCUT2D eigenvalue weighted by atomic mass is 16.5. The van der Waals surface area contributed by atoms with E-state index in [0.29, 0.717) is 5.56 Å². The smallest absolute Gasteiger partial charge is 0.337 e. The number of esters is 1. The van der Waals surface area contributed by atoms with Crippen molar-refractivity contribution in [1.29, 1.82) is 0 Å². The van der Waals surface area contributed by atoms with Crippen LogP contribution in [0.2, 0.25) is 0 Å². The molecule has 0 saturated carbocycles. The predicted octanol–water partition coefficient (Wildman–Crippen LogP) is 2.75. The van der Waals surface area contributed by atoms with E-state index in [1.54, 1.807) is 0 Å². The third-order valence-corrected chi connectivity index (χ3v) is 3.08. The molecule has 0 spiro atoms. The van der Waals surface area contributed by atoms with Crippen molar-refractivity contribution in [3.63, 3.8) is 0 Å². The standard InChI is InChI=1S/C15H23NO2/c1-4-11-16(5-2)12-10-13-6-8-14(9-7-13)15(17)18-3/h6-9H,4-5,10-12H2,1-3H3. The van der Waals surface area contributed by atoms with E-state index in [1.165, 1.54) is 19.1 Å². The second-order valence-corrected chi connectivity index (χ2v) is 4.37. The van der Waals surface area contributed by atoms with Gasteiger partial charge in [-0.3, -0.25) is 0 Å². The maximum atomic E-state index is 11.3. The van der Waals surface area contributed by atoms with Crippen LogP contribution < -0.4 is 0 Å². The van der Waals surface area contributed by atoms with Gasteiger partial charge in [0.15, 0.2) is 0 Å². The van der Waals surface area contributed by atoms with Gasteiger partial charge in [0.1, 0.15) is 0 Å². The molecule has 0 heterocycles. The average Bonchev–Trinajstić information content (AvgIpc) is 2.43. The first-order valence-corrected chi connectivity index (χ1v) is 6.60. The molecule has 0 unspecified atom stereocenters. The Morgan fingerprint density at radius 3 is 2.33 bits per heavy atom. The third kappa shape index (κ3) is 4.49. The molecular formula is C15H23NO2. The Hall–Kier alpha value is -1.35. The molecule has 0 amide bonds. The van der Waals surface area contributed by atoms with E-state index >= 15 is 0 Å². The van der Waals surface area contributed by atoms with Gasteiger partial charge in [0, 0.05) is 6.54 Å². The molecule has 0 aliphatic heterocycles. The fourth-order valence-corrected chi connectivity index (χ4v) is 1.96. The molecule has 0 aliphatic carbocycles. The van der Waals surface area contributed by atoms with Gasteiger partial charge < -0.3 is 9.64 Å². The molecule has 0 bridgehead atoms. The first kappa shape index (κ1) is 14.7. The molecule has 0 radical (unpaired) electrons. The Kier molecular flexibility index (Phi) is 6.44. The number of hydrogen-bond acceptors (Lipinski definition) is 3. The van der Waals surface area contributed by atoms with Gasteiger partial charge in [-0.2, -0.15) is 0 Å². The van der Waals surface area contributed by atoms with E-state index in [2.05, 4.69) is 23.5 Å². The topological polar surface area (TPSA) is 29.5 Å². The van der Waals surface area contributed by atoms with E-state index in [4.69, 9.17) is 0 Å². The molecule has 18 heavy (non-hydrogen) atoms. The summed E-state index contributed by atoms with van der Waals surface area (Å²) in [6.07, 6.45) is 2.21. The van der Waals surface area contributed by atoms with Crippen molar-refractivity contribution in [3.8, 4) is 0 Å². The van der Waals surface area contributed by atoms with Crippen LogP contribution in [0.4, 0.5) is 0 Å². The molecule has 3 nitrogen and oxygen atoms in total. The second kappa shape index (κ2) is 7.88. The molecule has 1 aromatic rings. The van der Waals surface area contributed by atoms with Crippen molar-refractivity contribution in [3.05, 3.63) is 35.4 Å². The van der Waals surface area contributed by atoms with Gasteiger partial charge in [0.25, 0.3) is 0 Å². The number of likely N-dealkylation sites (N-methyl/N-ethyl adjacent to an activating group) is 1. The summed E-state index contributed by atoms with van der Waals surface area (Å²) in [5.41, 5.74) is 1.87. The molecule has 0 fully saturated rings. The summed E-state index contributed by atoms with van der Waals surface area (Å²) < 4.78 is 4.68. The van der Waals surface area contributed by atoms with E-state index in [0.717, 1.165) is 26.1 Å². The number of benzene rings is 1. The van der Waals surface area contributed by atoms with Crippen molar-refractivity contribution in [2.24, 2.45) is 0 Å². The van der Waals surface area contributed by atoms with Gasteiger partial charge in [0.2, 0.25) is 0 Å². The lowest BCUT2D eigenvalue weighted by atomic mass is 10.1. The summed E-state index contributed by atoms with van der Waals surface area (Å²) in [5.74, 6) is -0.275. The van der Waals surface area contributed by atoms with Gasteiger partial charge in [-0.25, -0.2) is 4.79 Å². The Morgan fingerprint density at radius 1 is 1.17 bits per heavy atom. The average molecular weight is 249 g/mol. The molecule has 0 N–H and O–H groups in total. The molecule has 1 aromatic carbocycles. The van der Waals surface area contributed by atoms with Crippen LogP contribution in [-0.2, 0) is 11.2 Å². The molecule has 3 heteroatoms. The summed E-state index contributed by atoms with van der Waals surface area (Å²) in [7, 11) is 1.40. The van der Waals surface area contributed by atoms with Crippen LogP contribution in [0.15, 0.2) is 24.3 Å². The summed E-state index contributed by atoms with van der Waals surface area (Å²) in [6.45, 7) is 7.70. The van der Waals surface area contributed by atoms with Crippen LogP contribution in [0.5, 0.6) is 0 Å². The van der Waals surface area contributed by atoms with E-state index < -0.39 is 0 Å². The molecule has 0 aromatic heterocycles. The number of carbonyl (C=O) groups is 1. The molecule has 0 atom stereocenters. The fourth-order valence-electron chi connectivity index (χ4n) is 1.96. The Balaban J connectivity index is 2.50. The minimum absolute atomic E-state index is 0.275. The highest BCUT2D eigenvalue weighted by Gasteiger charge is 2.05. The maximum Gasteiger partial charge on any atom is 0.337 e. The normalized spacial score (nSPS) is 10.7. The molecule has 1 rings (SSSR count). The zero-order chi connectivity index (χ0) is 13.4. The van der Waals surface area contributed by atoms with Gasteiger partial charge in [-0.15, -0.1) is 0 Å². The summed E-state index contributed by atoms with van der Waals surface area (Å²) in [6, 6.07) is 7.67. The van der Waals surface area contributed by atoms with Crippen molar-refractivity contribution in [1.82, 2.24) is 4.90 Å². The van der Waals surface area contributed by atoms with Gasteiger partial charge >= 0.3 is 5.97 Å². The monoisotopic (exact) mass is 249 g/mol. The Morgan fingerprint density at radius 2 is 1.83 bits per heavy atom. The number of methoxy groups -OCH3 is 1. The molecule has 100 valence electrons. The van der Waals surface area contributed by atoms with Crippen molar-refractivity contribution in [2.45, 2.75) is 26.7 Å². The number of nitrogens with zero attached hydrogens (tertiary/aromatic N) is 1. The van der Waals surface area contributed by atoms with Crippen LogP contribution in [-0.4, -0.2) is 37.6 Å². The highest BCUT2D eigenvalue weighted by Crippen LogP contribution is 2.07. The lowest BCUT2D eigenvalue weighted by molar-refractivity contribution is 0.0600. The zero-order valence-corrected chi connectivity index (χ0v) is 11.6. The minimum atomic E-state index is -0.275.